The molecule has 1 N–H and O–H groups in total. The molecular formula is C24H27ClN6O. The molecule has 0 spiro atoms. The number of piperidine rings is 1. The standard InChI is InChI=1S/C24H27ClN6O/c1-14-22-15(13-30(4)28-22)9-19(23(14)32)21-11-20(25)18-10-17(12-26-24(18)27-21)31-7-5-16(6-8-31)29(2)3/h9-13,16,32H,5-8H2,1-4H3. The highest BCUT2D eigenvalue weighted by molar-refractivity contribution is 6.35. The van der Waals surface area contributed by atoms with Crippen molar-refractivity contribution in [3.8, 4) is 17.0 Å². The van der Waals surface area contributed by atoms with Crippen molar-refractivity contribution in [3.63, 3.8) is 0 Å². The summed E-state index contributed by atoms with van der Waals surface area (Å²) in [4.78, 5) is 14.0. The van der Waals surface area contributed by atoms with E-state index in [0.29, 0.717) is 28.0 Å². The molecule has 0 saturated carbocycles. The molecule has 4 aromatic rings. The van der Waals surface area contributed by atoms with Crippen molar-refractivity contribution in [3.05, 3.63) is 41.2 Å². The summed E-state index contributed by atoms with van der Waals surface area (Å²) in [6, 6.07) is 6.41. The summed E-state index contributed by atoms with van der Waals surface area (Å²) in [5.41, 5.74) is 4.37. The first-order chi connectivity index (χ1) is 15.3. The number of hydrogen-bond acceptors (Lipinski definition) is 6. The number of aryl methyl sites for hydroxylation is 2. The van der Waals surface area contributed by atoms with Crippen molar-refractivity contribution in [1.82, 2.24) is 24.6 Å². The van der Waals surface area contributed by atoms with E-state index in [1.165, 1.54) is 0 Å². The number of benzene rings is 1. The van der Waals surface area contributed by atoms with Gasteiger partial charge < -0.3 is 14.9 Å². The number of aromatic hydroxyl groups is 1. The molecular weight excluding hydrogens is 424 g/mol. The van der Waals surface area contributed by atoms with Crippen molar-refractivity contribution < 1.29 is 5.11 Å². The average Bonchev–Trinajstić information content (AvgIpc) is 3.16. The molecule has 1 saturated heterocycles. The Morgan fingerprint density at radius 3 is 2.62 bits per heavy atom. The molecule has 8 heteroatoms. The number of fused-ring (bicyclic) bond motifs is 2. The Kier molecular flexibility index (Phi) is 5.18. The molecule has 1 aromatic carbocycles. The van der Waals surface area contributed by atoms with Gasteiger partial charge in [-0.2, -0.15) is 5.10 Å². The lowest BCUT2D eigenvalue weighted by Crippen LogP contribution is -2.42. The first-order valence-corrected chi connectivity index (χ1v) is 11.2. The summed E-state index contributed by atoms with van der Waals surface area (Å²) >= 11 is 6.70. The fourth-order valence-corrected chi connectivity index (χ4v) is 4.89. The van der Waals surface area contributed by atoms with E-state index in [1.54, 1.807) is 4.68 Å². The zero-order valence-corrected chi connectivity index (χ0v) is 19.6. The van der Waals surface area contributed by atoms with E-state index in [0.717, 1.165) is 53.5 Å². The Balaban J connectivity index is 1.52. The number of halogens is 1. The number of phenolic OH excluding ortho intramolecular Hbond substituents is 1. The van der Waals surface area contributed by atoms with Gasteiger partial charge in [0, 0.05) is 54.3 Å². The van der Waals surface area contributed by atoms with Crippen LogP contribution in [0.25, 0.3) is 33.2 Å². The van der Waals surface area contributed by atoms with Crippen molar-refractivity contribution in [2.75, 3.05) is 32.1 Å². The van der Waals surface area contributed by atoms with Crippen molar-refractivity contribution in [1.29, 1.82) is 0 Å². The molecule has 1 aliphatic rings. The number of nitrogens with zero attached hydrogens (tertiary/aromatic N) is 6. The van der Waals surface area contributed by atoms with Gasteiger partial charge in [0.2, 0.25) is 0 Å². The second-order valence-corrected chi connectivity index (χ2v) is 9.28. The largest absolute Gasteiger partial charge is 0.507 e. The van der Waals surface area contributed by atoms with E-state index in [-0.39, 0.29) is 5.75 Å². The molecule has 0 atom stereocenters. The number of rotatable bonds is 3. The van der Waals surface area contributed by atoms with Crippen molar-refractivity contribution >= 4 is 39.2 Å². The molecule has 1 fully saturated rings. The zero-order chi connectivity index (χ0) is 22.6. The molecule has 3 aromatic heterocycles. The quantitative estimate of drug-likeness (QED) is 0.499. The van der Waals surface area contributed by atoms with E-state index < -0.39 is 0 Å². The van der Waals surface area contributed by atoms with Crippen LogP contribution in [0.15, 0.2) is 30.6 Å². The Morgan fingerprint density at radius 1 is 1.16 bits per heavy atom. The second-order valence-electron chi connectivity index (χ2n) is 8.87. The van der Waals surface area contributed by atoms with E-state index in [2.05, 4.69) is 40.0 Å². The molecule has 0 aliphatic carbocycles. The monoisotopic (exact) mass is 450 g/mol. The molecule has 7 nitrogen and oxygen atoms in total. The van der Waals surface area contributed by atoms with Crippen LogP contribution in [-0.4, -0.2) is 63.0 Å². The molecule has 0 radical (unpaired) electrons. The molecule has 0 bridgehead atoms. The van der Waals surface area contributed by atoms with E-state index >= 15 is 0 Å². The van der Waals surface area contributed by atoms with Gasteiger partial charge >= 0.3 is 0 Å². The van der Waals surface area contributed by atoms with E-state index in [9.17, 15) is 5.11 Å². The van der Waals surface area contributed by atoms with Crippen LogP contribution >= 0.6 is 11.6 Å². The molecule has 32 heavy (non-hydrogen) atoms. The Bertz CT molecular complexity index is 1320. The second kappa shape index (κ2) is 7.90. The zero-order valence-electron chi connectivity index (χ0n) is 18.8. The number of phenols is 1. The number of aromatic nitrogens is 4. The van der Waals surface area contributed by atoms with Gasteiger partial charge in [-0.1, -0.05) is 11.6 Å². The summed E-state index contributed by atoms with van der Waals surface area (Å²) in [5.74, 6) is 0.166. The van der Waals surface area contributed by atoms with Gasteiger partial charge in [-0.3, -0.25) is 4.68 Å². The van der Waals surface area contributed by atoms with Crippen LogP contribution in [0.1, 0.15) is 18.4 Å². The van der Waals surface area contributed by atoms with Gasteiger partial charge in [0.05, 0.1) is 28.1 Å². The maximum Gasteiger partial charge on any atom is 0.161 e. The van der Waals surface area contributed by atoms with Gasteiger partial charge in [-0.15, -0.1) is 0 Å². The summed E-state index contributed by atoms with van der Waals surface area (Å²) in [7, 11) is 6.16. The van der Waals surface area contributed by atoms with E-state index in [1.807, 2.05) is 38.5 Å². The third kappa shape index (κ3) is 3.55. The number of anilines is 1. The molecule has 4 heterocycles. The van der Waals surface area contributed by atoms with Crippen LogP contribution in [-0.2, 0) is 7.05 Å². The van der Waals surface area contributed by atoms with Gasteiger partial charge in [0.25, 0.3) is 0 Å². The summed E-state index contributed by atoms with van der Waals surface area (Å²) < 4.78 is 1.74. The first kappa shape index (κ1) is 21.0. The smallest absolute Gasteiger partial charge is 0.161 e. The lowest BCUT2D eigenvalue weighted by molar-refractivity contribution is 0.249. The fraction of sp³-hybridized carbons (Fsp3) is 0.375. The molecule has 5 rings (SSSR count). The van der Waals surface area contributed by atoms with Crippen molar-refractivity contribution in [2.45, 2.75) is 25.8 Å². The van der Waals surface area contributed by atoms with Crippen LogP contribution in [0, 0.1) is 6.92 Å². The average molecular weight is 451 g/mol. The van der Waals surface area contributed by atoms with Crippen molar-refractivity contribution in [2.24, 2.45) is 7.05 Å². The summed E-state index contributed by atoms with van der Waals surface area (Å²) in [6.07, 6.45) is 6.07. The maximum absolute atomic E-state index is 10.8. The predicted octanol–water partition coefficient (Wildman–Crippen LogP) is 4.38. The van der Waals surface area contributed by atoms with Gasteiger partial charge in [0.15, 0.2) is 5.65 Å². The number of pyridine rings is 2. The number of hydrogen-bond donors (Lipinski definition) is 1. The van der Waals surface area contributed by atoms with Crippen LogP contribution in [0.2, 0.25) is 5.02 Å². The SMILES string of the molecule is Cc1c(O)c(-c2cc(Cl)c3cc(N4CCC(N(C)C)CC4)cnc3n2)cc2cn(C)nc12. The fourth-order valence-electron chi connectivity index (χ4n) is 4.64. The van der Waals surface area contributed by atoms with Gasteiger partial charge in [-0.25, -0.2) is 9.97 Å². The lowest BCUT2D eigenvalue weighted by Gasteiger charge is -2.36. The third-order valence-corrected chi connectivity index (χ3v) is 6.87. The maximum atomic E-state index is 10.8. The van der Waals surface area contributed by atoms with Crippen LogP contribution < -0.4 is 4.90 Å². The minimum atomic E-state index is 0.166. The van der Waals surface area contributed by atoms with Gasteiger partial charge in [0.1, 0.15) is 5.75 Å². The minimum Gasteiger partial charge on any atom is -0.507 e. The molecule has 0 unspecified atom stereocenters. The van der Waals surface area contributed by atoms with Crippen LogP contribution in [0.5, 0.6) is 5.75 Å². The van der Waals surface area contributed by atoms with E-state index in [4.69, 9.17) is 16.6 Å². The molecule has 1 aliphatic heterocycles. The Hall–Kier alpha value is -2.90. The minimum absolute atomic E-state index is 0.166. The molecule has 0 amide bonds. The summed E-state index contributed by atoms with van der Waals surface area (Å²) in [5, 5.41) is 17.6. The Morgan fingerprint density at radius 2 is 1.91 bits per heavy atom. The van der Waals surface area contributed by atoms with Crippen LogP contribution in [0.3, 0.4) is 0 Å². The lowest BCUT2D eigenvalue weighted by atomic mass is 10.0. The first-order valence-electron chi connectivity index (χ1n) is 10.9. The highest BCUT2D eigenvalue weighted by Gasteiger charge is 2.22. The molecule has 166 valence electrons. The normalized spacial score (nSPS) is 15.4. The highest BCUT2D eigenvalue weighted by Crippen LogP contribution is 2.38. The highest BCUT2D eigenvalue weighted by atomic mass is 35.5. The van der Waals surface area contributed by atoms with Crippen LogP contribution in [0.4, 0.5) is 5.69 Å². The Labute approximate surface area is 192 Å². The summed E-state index contributed by atoms with van der Waals surface area (Å²) in [6.45, 7) is 3.86. The van der Waals surface area contributed by atoms with Gasteiger partial charge in [-0.05, 0) is 52.1 Å². The predicted molar refractivity (Wildman–Crippen MR) is 130 cm³/mol. The third-order valence-electron chi connectivity index (χ3n) is 6.56. The topological polar surface area (TPSA) is 70.3 Å².